The number of hydrogen-bond donors (Lipinski definition) is 0. The minimum Gasteiger partial charge on any atom is -0.209 e. The summed E-state index contributed by atoms with van der Waals surface area (Å²) in [5.41, 5.74) is 0. The van der Waals surface area contributed by atoms with Crippen molar-refractivity contribution in [3.63, 3.8) is 0 Å². The Hall–Kier alpha value is 0.0200. The lowest BCUT2D eigenvalue weighted by Gasteiger charge is -2.26. The first-order valence-corrected chi connectivity index (χ1v) is 7.01. The minimum absolute atomic E-state index is 0.0137. The van der Waals surface area contributed by atoms with Crippen molar-refractivity contribution in [2.75, 3.05) is 32.1 Å². The van der Waals surface area contributed by atoms with Gasteiger partial charge in [0.25, 0.3) is 16.6 Å². The van der Waals surface area contributed by atoms with E-state index in [9.17, 15) is 17.2 Å². The second-order valence-corrected chi connectivity index (χ2v) is 5.86. The van der Waals surface area contributed by atoms with E-state index in [0.717, 1.165) is 17.1 Å². The normalized spacial score (nSPS) is 18.8. The number of halogens is 3. The molecule has 0 saturated carbocycles. The summed E-state index contributed by atoms with van der Waals surface area (Å²) in [4.78, 5) is 0. The molecule has 0 atom stereocenters. The van der Waals surface area contributed by atoms with Crippen molar-refractivity contribution >= 4 is 21.8 Å². The van der Waals surface area contributed by atoms with Crippen LogP contribution in [-0.2, 0) is 10.2 Å². The van der Waals surface area contributed by atoms with Gasteiger partial charge in [0, 0.05) is 25.5 Å². The molecule has 8 heteroatoms. The van der Waals surface area contributed by atoms with Gasteiger partial charge in [0.05, 0.1) is 6.54 Å². The summed E-state index contributed by atoms with van der Waals surface area (Å²) >= 11 is 5.42. The monoisotopic (exact) mass is 276 g/mol. The zero-order valence-corrected chi connectivity index (χ0v) is 10.4. The van der Waals surface area contributed by atoms with Crippen LogP contribution in [0.1, 0.15) is 12.8 Å². The second kappa shape index (κ2) is 6.09. The molecule has 1 aliphatic heterocycles. The fraction of sp³-hybridized carbons (Fsp3) is 1.00. The fourth-order valence-corrected chi connectivity index (χ4v) is 3.60. The molecule has 0 aromatic carbocycles. The third kappa shape index (κ3) is 3.51. The lowest BCUT2D eigenvalue weighted by molar-refractivity contribution is 0.119. The van der Waals surface area contributed by atoms with Crippen LogP contribution >= 0.6 is 11.6 Å². The van der Waals surface area contributed by atoms with E-state index in [4.69, 9.17) is 11.6 Å². The average Bonchev–Trinajstić information content (AvgIpc) is 2.69. The highest BCUT2D eigenvalue weighted by Crippen LogP contribution is 2.17. The van der Waals surface area contributed by atoms with Crippen LogP contribution in [0.3, 0.4) is 0 Å². The molecule has 0 spiro atoms. The smallest absolute Gasteiger partial charge is 0.209 e. The molecule has 0 radical (unpaired) electrons. The van der Waals surface area contributed by atoms with Crippen molar-refractivity contribution in [3.05, 3.63) is 0 Å². The van der Waals surface area contributed by atoms with E-state index >= 15 is 0 Å². The van der Waals surface area contributed by atoms with E-state index in [1.807, 2.05) is 0 Å². The maximum atomic E-state index is 12.3. The minimum atomic E-state index is -3.76. The highest BCUT2D eigenvalue weighted by atomic mass is 35.5. The maximum absolute atomic E-state index is 12.3. The molecule has 1 rings (SSSR count). The second-order valence-electron chi connectivity index (χ2n) is 3.55. The van der Waals surface area contributed by atoms with Gasteiger partial charge in [0.2, 0.25) is 0 Å². The lowest BCUT2D eigenvalue weighted by atomic mass is 10.4. The van der Waals surface area contributed by atoms with E-state index in [1.54, 1.807) is 0 Å². The van der Waals surface area contributed by atoms with Gasteiger partial charge in [-0.1, -0.05) is 0 Å². The summed E-state index contributed by atoms with van der Waals surface area (Å²) in [6.07, 6.45) is -1.12. The summed E-state index contributed by atoms with van der Waals surface area (Å²) in [6, 6.07) is 0. The molecule has 96 valence electrons. The summed E-state index contributed by atoms with van der Waals surface area (Å²) in [7, 11) is -3.76. The number of alkyl halides is 3. The summed E-state index contributed by atoms with van der Waals surface area (Å²) in [6.45, 7) is -0.0506. The molecule has 1 fully saturated rings. The van der Waals surface area contributed by atoms with E-state index in [0.29, 0.717) is 13.1 Å². The van der Waals surface area contributed by atoms with Gasteiger partial charge >= 0.3 is 0 Å². The first-order valence-electron chi connectivity index (χ1n) is 5.08. The Labute approximate surface area is 99.3 Å². The molecule has 0 bridgehead atoms. The molecule has 1 aliphatic rings. The summed E-state index contributed by atoms with van der Waals surface area (Å²) in [5.74, 6) is 0.0137. The molecule has 1 saturated heterocycles. The largest absolute Gasteiger partial charge is 0.282 e. The Morgan fingerprint density at radius 1 is 1.31 bits per heavy atom. The zero-order valence-electron chi connectivity index (χ0n) is 8.78. The predicted octanol–water partition coefficient (Wildman–Crippen LogP) is 1.13. The molecule has 4 nitrogen and oxygen atoms in total. The Kier molecular flexibility index (Phi) is 5.36. The van der Waals surface area contributed by atoms with Crippen LogP contribution in [0.4, 0.5) is 8.78 Å². The maximum Gasteiger partial charge on any atom is 0.282 e. The number of rotatable bonds is 6. The Bertz CT molecular complexity index is 307. The first kappa shape index (κ1) is 14.1. The Morgan fingerprint density at radius 3 is 2.31 bits per heavy atom. The summed E-state index contributed by atoms with van der Waals surface area (Å²) in [5, 5.41) is 0. The van der Waals surface area contributed by atoms with Crippen molar-refractivity contribution in [1.29, 1.82) is 0 Å². The quantitative estimate of drug-likeness (QED) is 0.683. The average molecular weight is 277 g/mol. The topological polar surface area (TPSA) is 40.6 Å². The van der Waals surface area contributed by atoms with Gasteiger partial charge in [0.1, 0.15) is 0 Å². The molecule has 0 N–H and O–H groups in total. The molecular weight excluding hydrogens is 262 g/mol. The Morgan fingerprint density at radius 2 is 1.88 bits per heavy atom. The van der Waals surface area contributed by atoms with Crippen molar-refractivity contribution in [2.45, 2.75) is 19.3 Å². The van der Waals surface area contributed by atoms with Crippen molar-refractivity contribution in [2.24, 2.45) is 0 Å². The molecule has 0 aromatic heterocycles. The molecule has 16 heavy (non-hydrogen) atoms. The van der Waals surface area contributed by atoms with Gasteiger partial charge < -0.3 is 0 Å². The fourth-order valence-electron chi connectivity index (χ4n) is 1.63. The SMILES string of the molecule is O=S(=O)(N1CCCC1)N(CCCl)CC(F)F. The van der Waals surface area contributed by atoms with Crippen LogP contribution in [0.15, 0.2) is 0 Å². The number of nitrogens with zero attached hydrogens (tertiary/aromatic N) is 2. The zero-order chi connectivity index (χ0) is 12.2. The van der Waals surface area contributed by atoms with Gasteiger partial charge in [-0.05, 0) is 12.8 Å². The molecule has 0 unspecified atom stereocenters. The van der Waals surface area contributed by atoms with Crippen molar-refractivity contribution < 1.29 is 17.2 Å². The van der Waals surface area contributed by atoms with E-state index in [1.165, 1.54) is 4.31 Å². The van der Waals surface area contributed by atoms with Crippen LogP contribution in [0.2, 0.25) is 0 Å². The van der Waals surface area contributed by atoms with Crippen LogP contribution < -0.4 is 0 Å². The van der Waals surface area contributed by atoms with Gasteiger partial charge in [0.15, 0.2) is 0 Å². The predicted molar refractivity (Wildman–Crippen MR) is 58.0 cm³/mol. The van der Waals surface area contributed by atoms with Crippen LogP contribution in [0.5, 0.6) is 0 Å². The highest BCUT2D eigenvalue weighted by molar-refractivity contribution is 7.86. The van der Waals surface area contributed by atoms with Gasteiger partial charge in [-0.15, -0.1) is 11.6 Å². The van der Waals surface area contributed by atoms with Crippen LogP contribution in [0, 0.1) is 0 Å². The van der Waals surface area contributed by atoms with Crippen molar-refractivity contribution in [3.8, 4) is 0 Å². The summed E-state index contributed by atoms with van der Waals surface area (Å²) < 4.78 is 50.4. The third-order valence-corrected chi connectivity index (χ3v) is 4.56. The van der Waals surface area contributed by atoms with Crippen molar-refractivity contribution in [1.82, 2.24) is 8.61 Å². The molecule has 0 aliphatic carbocycles. The van der Waals surface area contributed by atoms with E-state index < -0.39 is 23.2 Å². The molecule has 0 amide bonds. The van der Waals surface area contributed by atoms with Gasteiger partial charge in [-0.3, -0.25) is 0 Å². The lowest BCUT2D eigenvalue weighted by Crippen LogP contribution is -2.45. The van der Waals surface area contributed by atoms with E-state index in [-0.39, 0.29) is 12.4 Å². The molecule has 0 aromatic rings. The van der Waals surface area contributed by atoms with Crippen LogP contribution in [0.25, 0.3) is 0 Å². The van der Waals surface area contributed by atoms with Crippen LogP contribution in [-0.4, -0.2) is 55.5 Å². The van der Waals surface area contributed by atoms with Gasteiger partial charge in [-0.25, -0.2) is 8.78 Å². The molecule has 1 heterocycles. The van der Waals surface area contributed by atoms with E-state index in [2.05, 4.69) is 0 Å². The molecular formula is C8H15ClF2N2O2S. The standard InChI is InChI=1S/C8H15ClF2N2O2S/c9-3-6-13(7-8(10)11)16(14,15)12-4-1-2-5-12/h8H,1-7H2. The first-order chi connectivity index (χ1) is 7.48. The third-order valence-electron chi connectivity index (χ3n) is 2.39. The number of hydrogen-bond acceptors (Lipinski definition) is 2. The Balaban J connectivity index is 2.74. The highest BCUT2D eigenvalue weighted by Gasteiger charge is 2.32. The van der Waals surface area contributed by atoms with Gasteiger partial charge in [-0.2, -0.15) is 17.0 Å².